The standard InChI is InChI=1S/C23H24BrN3O4/c1-30-20-12-18-19(25-14-17-4-2-10-27(17)23(18)29)13-21(20)31-11-3-5-22(28)26-16-8-6-15(24)7-9-16/h6-9,12-14,17H,2-5,10-11H2,1H3,(H,26,28)/t17-/m0/s1. The Morgan fingerprint density at radius 1 is 1.26 bits per heavy atom. The molecule has 1 atom stereocenters. The molecule has 0 aliphatic carbocycles. The van der Waals surface area contributed by atoms with Crippen LogP contribution in [0, 0.1) is 0 Å². The van der Waals surface area contributed by atoms with Crippen LogP contribution in [0.2, 0.25) is 0 Å². The summed E-state index contributed by atoms with van der Waals surface area (Å²) in [5, 5.41) is 2.86. The van der Waals surface area contributed by atoms with Crippen LogP contribution in [0.25, 0.3) is 0 Å². The van der Waals surface area contributed by atoms with E-state index in [1.807, 2.05) is 35.4 Å². The molecule has 4 rings (SSSR count). The van der Waals surface area contributed by atoms with Gasteiger partial charge in [-0.1, -0.05) is 15.9 Å². The van der Waals surface area contributed by atoms with Crippen LogP contribution in [0.15, 0.2) is 45.9 Å². The van der Waals surface area contributed by atoms with Crippen LogP contribution in [0.4, 0.5) is 11.4 Å². The van der Waals surface area contributed by atoms with Crippen molar-refractivity contribution in [3.63, 3.8) is 0 Å². The van der Waals surface area contributed by atoms with Gasteiger partial charge in [-0.15, -0.1) is 0 Å². The Labute approximate surface area is 189 Å². The second-order valence-electron chi connectivity index (χ2n) is 7.51. The minimum Gasteiger partial charge on any atom is -0.493 e. The Morgan fingerprint density at radius 3 is 2.84 bits per heavy atom. The summed E-state index contributed by atoms with van der Waals surface area (Å²) in [6.07, 6.45) is 4.65. The Hall–Kier alpha value is -2.87. The van der Waals surface area contributed by atoms with Gasteiger partial charge < -0.3 is 19.7 Å². The monoisotopic (exact) mass is 485 g/mol. The molecule has 1 N–H and O–H groups in total. The summed E-state index contributed by atoms with van der Waals surface area (Å²) in [6, 6.07) is 10.9. The number of fused-ring (bicyclic) bond motifs is 2. The number of aliphatic imine (C=N–C) groups is 1. The van der Waals surface area contributed by atoms with Crippen molar-refractivity contribution in [2.75, 3.05) is 25.6 Å². The number of anilines is 1. The molecule has 0 bridgehead atoms. The van der Waals surface area contributed by atoms with E-state index in [4.69, 9.17) is 9.47 Å². The molecule has 0 radical (unpaired) electrons. The van der Waals surface area contributed by atoms with Crippen molar-refractivity contribution in [1.82, 2.24) is 4.90 Å². The first-order valence-electron chi connectivity index (χ1n) is 10.3. The van der Waals surface area contributed by atoms with Crippen molar-refractivity contribution in [1.29, 1.82) is 0 Å². The number of amides is 2. The van der Waals surface area contributed by atoms with Crippen LogP contribution in [0.3, 0.4) is 0 Å². The first-order valence-corrected chi connectivity index (χ1v) is 11.1. The van der Waals surface area contributed by atoms with E-state index < -0.39 is 0 Å². The molecule has 2 aromatic carbocycles. The highest BCUT2D eigenvalue weighted by molar-refractivity contribution is 9.10. The lowest BCUT2D eigenvalue weighted by Crippen LogP contribution is -2.35. The average molecular weight is 486 g/mol. The van der Waals surface area contributed by atoms with Crippen LogP contribution >= 0.6 is 15.9 Å². The molecule has 0 unspecified atom stereocenters. The van der Waals surface area contributed by atoms with E-state index in [1.165, 1.54) is 0 Å². The van der Waals surface area contributed by atoms with Gasteiger partial charge in [0, 0.05) is 35.4 Å². The molecule has 2 aromatic rings. The lowest BCUT2D eigenvalue weighted by molar-refractivity contribution is -0.116. The van der Waals surface area contributed by atoms with Crippen molar-refractivity contribution in [3.05, 3.63) is 46.4 Å². The average Bonchev–Trinajstić information content (AvgIpc) is 3.20. The van der Waals surface area contributed by atoms with Crippen molar-refractivity contribution < 1.29 is 19.1 Å². The molecule has 2 aliphatic rings. The normalized spacial score (nSPS) is 17.0. The highest BCUT2D eigenvalue weighted by Crippen LogP contribution is 2.38. The van der Waals surface area contributed by atoms with E-state index in [1.54, 1.807) is 19.2 Å². The van der Waals surface area contributed by atoms with Crippen molar-refractivity contribution in [3.8, 4) is 11.5 Å². The number of nitrogens with one attached hydrogen (secondary N) is 1. The molecule has 1 fully saturated rings. The topological polar surface area (TPSA) is 80.2 Å². The fourth-order valence-electron chi connectivity index (χ4n) is 3.79. The first kappa shape index (κ1) is 21.4. The van der Waals surface area contributed by atoms with Gasteiger partial charge in [-0.3, -0.25) is 14.6 Å². The minimum absolute atomic E-state index is 0.0236. The van der Waals surface area contributed by atoms with Gasteiger partial charge in [0.1, 0.15) is 0 Å². The highest BCUT2D eigenvalue weighted by Gasteiger charge is 2.32. The predicted octanol–water partition coefficient (Wildman–Crippen LogP) is 4.58. The maximum Gasteiger partial charge on any atom is 0.256 e. The van der Waals surface area contributed by atoms with E-state index in [2.05, 4.69) is 26.2 Å². The molecule has 2 heterocycles. The van der Waals surface area contributed by atoms with Gasteiger partial charge in [-0.05, 0) is 49.6 Å². The van der Waals surface area contributed by atoms with Gasteiger partial charge in [0.25, 0.3) is 5.91 Å². The third-order valence-corrected chi connectivity index (χ3v) is 5.92. The number of hydrogen-bond donors (Lipinski definition) is 1. The number of carbonyl (C=O) groups is 2. The van der Waals surface area contributed by atoms with Gasteiger partial charge >= 0.3 is 0 Å². The van der Waals surface area contributed by atoms with E-state index in [0.717, 1.165) is 29.5 Å². The minimum atomic E-state index is -0.0735. The molecule has 2 aliphatic heterocycles. The number of carbonyl (C=O) groups excluding carboxylic acids is 2. The van der Waals surface area contributed by atoms with Crippen LogP contribution in [-0.2, 0) is 4.79 Å². The fourth-order valence-corrected chi connectivity index (χ4v) is 4.06. The van der Waals surface area contributed by atoms with Gasteiger partial charge in [-0.2, -0.15) is 0 Å². The zero-order valence-corrected chi connectivity index (χ0v) is 18.9. The number of nitrogens with zero attached hydrogens (tertiary/aromatic N) is 2. The molecule has 2 amide bonds. The smallest absolute Gasteiger partial charge is 0.256 e. The highest BCUT2D eigenvalue weighted by atomic mass is 79.9. The summed E-state index contributed by atoms with van der Waals surface area (Å²) in [5.74, 6) is 0.904. The maximum absolute atomic E-state index is 12.9. The van der Waals surface area contributed by atoms with Crippen molar-refractivity contribution in [2.45, 2.75) is 31.7 Å². The van der Waals surface area contributed by atoms with Crippen LogP contribution in [-0.4, -0.2) is 49.2 Å². The Kier molecular flexibility index (Phi) is 6.56. The Bertz CT molecular complexity index is 1010. The second-order valence-corrected chi connectivity index (χ2v) is 8.43. The number of halogens is 1. The second kappa shape index (κ2) is 9.51. The lowest BCUT2D eigenvalue weighted by atomic mass is 10.1. The first-order chi connectivity index (χ1) is 15.0. The molecule has 0 aromatic heterocycles. The van der Waals surface area contributed by atoms with Gasteiger partial charge in [0.05, 0.1) is 31.0 Å². The van der Waals surface area contributed by atoms with E-state index in [-0.39, 0.29) is 17.9 Å². The van der Waals surface area contributed by atoms with E-state index in [0.29, 0.717) is 42.2 Å². The molecule has 7 nitrogen and oxygen atoms in total. The maximum atomic E-state index is 12.9. The summed E-state index contributed by atoms with van der Waals surface area (Å²) < 4.78 is 12.3. The SMILES string of the molecule is COc1cc2c(cc1OCCCC(=O)Nc1ccc(Br)cc1)N=C[C@@H]1CCCN1C2=O. The molecular weight excluding hydrogens is 462 g/mol. The molecule has 8 heteroatoms. The van der Waals surface area contributed by atoms with Crippen LogP contribution < -0.4 is 14.8 Å². The number of benzene rings is 2. The number of hydrogen-bond acceptors (Lipinski definition) is 5. The molecule has 31 heavy (non-hydrogen) atoms. The molecule has 0 spiro atoms. The third kappa shape index (κ3) is 4.90. The van der Waals surface area contributed by atoms with Gasteiger partial charge in [0.15, 0.2) is 11.5 Å². The summed E-state index contributed by atoms with van der Waals surface area (Å²) in [5.41, 5.74) is 1.87. The number of ether oxygens (including phenoxy) is 2. The zero-order valence-electron chi connectivity index (χ0n) is 17.3. The summed E-state index contributed by atoms with van der Waals surface area (Å²) in [4.78, 5) is 31.4. The van der Waals surface area contributed by atoms with E-state index in [9.17, 15) is 9.59 Å². The molecule has 162 valence electrons. The molecular formula is C23H24BrN3O4. The van der Waals surface area contributed by atoms with Crippen LogP contribution in [0.5, 0.6) is 11.5 Å². The Morgan fingerprint density at radius 2 is 2.06 bits per heavy atom. The van der Waals surface area contributed by atoms with Gasteiger partial charge in [0.2, 0.25) is 5.91 Å². The number of rotatable bonds is 7. The summed E-state index contributed by atoms with van der Waals surface area (Å²) >= 11 is 3.37. The third-order valence-electron chi connectivity index (χ3n) is 5.39. The largest absolute Gasteiger partial charge is 0.493 e. The lowest BCUT2D eigenvalue weighted by Gasteiger charge is -2.20. The number of methoxy groups -OCH3 is 1. The van der Waals surface area contributed by atoms with E-state index >= 15 is 0 Å². The quantitative estimate of drug-likeness (QED) is 0.582. The van der Waals surface area contributed by atoms with Gasteiger partial charge in [-0.25, -0.2) is 0 Å². The zero-order chi connectivity index (χ0) is 21.8. The molecule has 1 saturated heterocycles. The Balaban J connectivity index is 1.36. The summed E-state index contributed by atoms with van der Waals surface area (Å²) in [7, 11) is 1.54. The fraction of sp³-hybridized carbons (Fsp3) is 0.348. The van der Waals surface area contributed by atoms with Crippen molar-refractivity contribution >= 4 is 45.3 Å². The summed E-state index contributed by atoms with van der Waals surface area (Å²) in [6.45, 7) is 1.09. The predicted molar refractivity (Wildman–Crippen MR) is 123 cm³/mol. The van der Waals surface area contributed by atoms with Crippen LogP contribution in [0.1, 0.15) is 36.0 Å². The molecule has 0 saturated carbocycles. The van der Waals surface area contributed by atoms with Crippen molar-refractivity contribution in [2.24, 2.45) is 4.99 Å².